The molecule has 0 amide bonds. The predicted molar refractivity (Wildman–Crippen MR) is 55.3 cm³/mol. The molecule has 0 saturated carbocycles. The van der Waals surface area contributed by atoms with Crippen molar-refractivity contribution in [3.63, 3.8) is 0 Å². The molecule has 3 heteroatoms. The third kappa shape index (κ3) is 2.06. The number of fused-ring (bicyclic) bond motifs is 1. The normalized spacial score (nSPS) is 14.5. The number of aryl methyl sites for hydroxylation is 1. The number of Topliss-reactive ketones (excluding diaryl/α,β-unsaturated/α-hetero) is 1. The second kappa shape index (κ2) is 4.26. The van der Waals surface area contributed by atoms with E-state index in [9.17, 15) is 9.59 Å². The smallest absolute Gasteiger partial charge is 0.163 e. The lowest BCUT2D eigenvalue weighted by Gasteiger charge is -2.15. The molecule has 1 aliphatic rings. The summed E-state index contributed by atoms with van der Waals surface area (Å²) in [7, 11) is 0. The zero-order chi connectivity index (χ0) is 10.7. The molecule has 0 spiro atoms. The molecule has 0 heterocycles. The molecule has 0 fully saturated rings. The first-order chi connectivity index (χ1) is 7.31. The van der Waals surface area contributed by atoms with E-state index < -0.39 is 0 Å². The highest BCUT2D eigenvalue weighted by Gasteiger charge is 2.17. The summed E-state index contributed by atoms with van der Waals surface area (Å²) in [6.07, 6.45) is 3.18. The van der Waals surface area contributed by atoms with Crippen molar-refractivity contribution in [3.05, 3.63) is 29.3 Å². The minimum atomic E-state index is 0.0622. The summed E-state index contributed by atoms with van der Waals surface area (Å²) in [6, 6.07) is 5.39. The van der Waals surface area contributed by atoms with Crippen LogP contribution in [-0.4, -0.2) is 18.7 Å². The van der Waals surface area contributed by atoms with Gasteiger partial charge in [0.25, 0.3) is 0 Å². The minimum Gasteiger partial charge on any atom is -0.486 e. The summed E-state index contributed by atoms with van der Waals surface area (Å²) < 4.78 is 5.18. The quantitative estimate of drug-likeness (QED) is 0.705. The Bertz CT molecular complexity index is 396. The van der Waals surface area contributed by atoms with Gasteiger partial charge >= 0.3 is 0 Å². The zero-order valence-electron chi connectivity index (χ0n) is 8.36. The minimum absolute atomic E-state index is 0.0622. The maximum absolute atomic E-state index is 11.5. The second-order valence-corrected chi connectivity index (χ2v) is 3.57. The average Bonchev–Trinajstić information content (AvgIpc) is 2.26. The number of hydrogen-bond donors (Lipinski definition) is 0. The van der Waals surface area contributed by atoms with Crippen LogP contribution in [0, 0.1) is 0 Å². The van der Waals surface area contributed by atoms with Gasteiger partial charge in [-0.15, -0.1) is 0 Å². The Hall–Kier alpha value is -1.64. The van der Waals surface area contributed by atoms with Crippen molar-refractivity contribution in [2.75, 3.05) is 6.61 Å². The molecule has 0 unspecified atom stereocenters. The Morgan fingerprint density at radius 2 is 2.20 bits per heavy atom. The van der Waals surface area contributed by atoms with Gasteiger partial charge in [-0.1, -0.05) is 0 Å². The molecule has 1 aliphatic carbocycles. The summed E-state index contributed by atoms with van der Waals surface area (Å²) in [4.78, 5) is 21.7. The third-order valence-electron chi connectivity index (χ3n) is 2.55. The van der Waals surface area contributed by atoms with E-state index in [1.165, 1.54) is 0 Å². The van der Waals surface area contributed by atoms with Gasteiger partial charge in [-0.2, -0.15) is 0 Å². The highest BCUT2D eigenvalue weighted by atomic mass is 16.5. The van der Waals surface area contributed by atoms with Crippen LogP contribution >= 0.6 is 0 Å². The van der Waals surface area contributed by atoms with Crippen LogP contribution in [0.1, 0.15) is 28.8 Å². The van der Waals surface area contributed by atoms with E-state index in [1.54, 1.807) is 12.1 Å². The standard InChI is InChI=1S/C12H12O3/c13-6-7-15-10-4-5-11-9(8-10)2-1-3-12(11)14/h4-6,8H,1-3,7H2. The molecular formula is C12H12O3. The van der Waals surface area contributed by atoms with E-state index >= 15 is 0 Å². The Morgan fingerprint density at radius 3 is 3.00 bits per heavy atom. The van der Waals surface area contributed by atoms with Crippen molar-refractivity contribution < 1.29 is 14.3 Å². The molecule has 15 heavy (non-hydrogen) atoms. The first-order valence-electron chi connectivity index (χ1n) is 5.04. The van der Waals surface area contributed by atoms with Crippen LogP contribution in [0.15, 0.2) is 18.2 Å². The molecule has 0 atom stereocenters. The number of carbonyl (C=O) groups excluding carboxylic acids is 2. The van der Waals surface area contributed by atoms with Crippen molar-refractivity contribution in [3.8, 4) is 5.75 Å². The number of hydrogen-bond acceptors (Lipinski definition) is 3. The number of rotatable bonds is 3. The first-order valence-corrected chi connectivity index (χ1v) is 5.04. The molecule has 0 N–H and O–H groups in total. The van der Waals surface area contributed by atoms with E-state index in [0.717, 1.165) is 24.0 Å². The van der Waals surface area contributed by atoms with Crippen LogP contribution in [0.4, 0.5) is 0 Å². The maximum Gasteiger partial charge on any atom is 0.163 e. The average molecular weight is 204 g/mol. The summed E-state index contributed by atoms with van der Waals surface area (Å²) >= 11 is 0. The van der Waals surface area contributed by atoms with Gasteiger partial charge in [0.05, 0.1) is 0 Å². The van der Waals surface area contributed by atoms with Gasteiger partial charge in [0, 0.05) is 12.0 Å². The second-order valence-electron chi connectivity index (χ2n) is 3.57. The lowest BCUT2D eigenvalue weighted by molar-refractivity contribution is -0.109. The number of carbonyl (C=O) groups is 2. The fourth-order valence-corrected chi connectivity index (χ4v) is 1.84. The van der Waals surface area contributed by atoms with Crippen LogP contribution in [0.2, 0.25) is 0 Å². The van der Waals surface area contributed by atoms with Crippen LogP contribution in [0.25, 0.3) is 0 Å². The molecule has 1 aromatic rings. The fraction of sp³-hybridized carbons (Fsp3) is 0.333. The number of ketones is 1. The van der Waals surface area contributed by atoms with E-state index in [2.05, 4.69) is 0 Å². The monoisotopic (exact) mass is 204 g/mol. The van der Waals surface area contributed by atoms with Crippen LogP contribution in [0.5, 0.6) is 5.75 Å². The van der Waals surface area contributed by atoms with E-state index in [0.29, 0.717) is 18.5 Å². The summed E-state index contributed by atoms with van der Waals surface area (Å²) in [5, 5.41) is 0. The van der Waals surface area contributed by atoms with Crippen molar-refractivity contribution in [1.82, 2.24) is 0 Å². The van der Waals surface area contributed by atoms with Crippen LogP contribution < -0.4 is 4.74 Å². The summed E-state index contributed by atoms with van der Waals surface area (Å²) in [5.74, 6) is 0.869. The van der Waals surface area contributed by atoms with Crippen LogP contribution in [0.3, 0.4) is 0 Å². The lowest BCUT2D eigenvalue weighted by Crippen LogP contribution is -2.10. The van der Waals surface area contributed by atoms with E-state index in [1.807, 2.05) is 6.07 Å². The Labute approximate surface area is 88.1 Å². The van der Waals surface area contributed by atoms with Gasteiger partial charge in [0.2, 0.25) is 0 Å². The number of aldehydes is 1. The highest BCUT2D eigenvalue weighted by molar-refractivity contribution is 5.98. The van der Waals surface area contributed by atoms with Gasteiger partial charge in [-0.3, -0.25) is 9.59 Å². The Morgan fingerprint density at radius 1 is 1.33 bits per heavy atom. The number of benzene rings is 1. The molecule has 2 rings (SSSR count). The molecule has 3 nitrogen and oxygen atoms in total. The Balaban J connectivity index is 2.25. The van der Waals surface area contributed by atoms with Crippen molar-refractivity contribution in [1.29, 1.82) is 0 Å². The predicted octanol–water partition coefficient (Wildman–Crippen LogP) is 1.78. The molecule has 0 aliphatic heterocycles. The van der Waals surface area contributed by atoms with E-state index in [-0.39, 0.29) is 12.4 Å². The summed E-state index contributed by atoms with van der Waals surface area (Å²) in [6.45, 7) is 0.0622. The molecule has 0 aromatic heterocycles. The SMILES string of the molecule is O=CCOc1ccc2c(c1)CCCC2=O. The third-order valence-corrected chi connectivity index (χ3v) is 2.55. The lowest BCUT2D eigenvalue weighted by atomic mass is 9.91. The molecule has 1 aromatic carbocycles. The Kier molecular flexibility index (Phi) is 2.81. The van der Waals surface area contributed by atoms with Crippen molar-refractivity contribution in [2.24, 2.45) is 0 Å². The zero-order valence-corrected chi connectivity index (χ0v) is 8.36. The van der Waals surface area contributed by atoms with Crippen molar-refractivity contribution >= 4 is 12.1 Å². The van der Waals surface area contributed by atoms with Gasteiger partial charge in [0.15, 0.2) is 12.1 Å². The first kappa shape index (κ1) is 9.90. The number of ether oxygens (including phenoxy) is 1. The summed E-state index contributed by atoms with van der Waals surface area (Å²) in [5.41, 5.74) is 1.84. The maximum atomic E-state index is 11.5. The molecule has 0 saturated heterocycles. The van der Waals surface area contributed by atoms with E-state index in [4.69, 9.17) is 4.74 Å². The van der Waals surface area contributed by atoms with Crippen molar-refractivity contribution in [2.45, 2.75) is 19.3 Å². The molecule has 0 radical (unpaired) electrons. The van der Waals surface area contributed by atoms with Gasteiger partial charge in [0.1, 0.15) is 12.4 Å². The molecule has 0 bridgehead atoms. The fourth-order valence-electron chi connectivity index (χ4n) is 1.84. The van der Waals surface area contributed by atoms with Gasteiger partial charge in [-0.25, -0.2) is 0 Å². The van der Waals surface area contributed by atoms with Crippen LogP contribution in [-0.2, 0) is 11.2 Å². The highest BCUT2D eigenvalue weighted by Crippen LogP contribution is 2.25. The largest absolute Gasteiger partial charge is 0.486 e. The van der Waals surface area contributed by atoms with Gasteiger partial charge in [-0.05, 0) is 36.6 Å². The topological polar surface area (TPSA) is 43.4 Å². The molecular weight excluding hydrogens is 192 g/mol. The van der Waals surface area contributed by atoms with Gasteiger partial charge < -0.3 is 4.74 Å². The molecule has 78 valence electrons.